The zero-order chi connectivity index (χ0) is 17.8. The van der Waals surface area contributed by atoms with Crippen LogP contribution in [0.15, 0.2) is 29.9 Å². The Morgan fingerprint density at radius 1 is 1.16 bits per heavy atom. The molecule has 0 unspecified atom stereocenters. The van der Waals surface area contributed by atoms with E-state index in [1.165, 1.54) is 29.2 Å². The van der Waals surface area contributed by atoms with Crippen LogP contribution in [0.2, 0.25) is 0 Å². The normalized spacial score (nSPS) is 10.8. The van der Waals surface area contributed by atoms with Crippen molar-refractivity contribution in [2.24, 2.45) is 0 Å². The van der Waals surface area contributed by atoms with E-state index >= 15 is 0 Å². The van der Waals surface area contributed by atoms with Gasteiger partial charge in [0.15, 0.2) is 0 Å². The van der Waals surface area contributed by atoms with Crippen LogP contribution in [-0.2, 0) is 4.79 Å². The summed E-state index contributed by atoms with van der Waals surface area (Å²) in [5.74, 6) is 0.850. The molecule has 0 spiro atoms. The van der Waals surface area contributed by atoms with Crippen LogP contribution in [0.25, 0.3) is 21.3 Å². The molecule has 25 heavy (non-hydrogen) atoms. The molecule has 2 heterocycles. The second-order valence-electron chi connectivity index (χ2n) is 6.13. The highest BCUT2D eigenvalue weighted by atomic mass is 32.1. The van der Waals surface area contributed by atoms with E-state index in [1.54, 1.807) is 17.7 Å². The number of amides is 1. The minimum atomic E-state index is -0.000561. The monoisotopic (exact) mass is 354 g/mol. The lowest BCUT2D eigenvalue weighted by molar-refractivity contribution is -0.118. The Morgan fingerprint density at radius 3 is 2.76 bits per heavy atom. The second-order valence-corrected chi connectivity index (χ2v) is 6.99. The van der Waals surface area contributed by atoms with E-state index in [0.29, 0.717) is 6.54 Å². The Morgan fingerprint density at radius 2 is 2.00 bits per heavy atom. The van der Waals surface area contributed by atoms with Crippen LogP contribution in [0.3, 0.4) is 0 Å². The maximum atomic E-state index is 10.9. The number of fused-ring (bicyclic) bond motifs is 1. The minimum Gasteiger partial charge on any atom is -0.369 e. The van der Waals surface area contributed by atoms with E-state index in [9.17, 15) is 4.79 Å². The van der Waals surface area contributed by atoms with Crippen LogP contribution < -0.4 is 10.6 Å². The highest BCUT2D eigenvalue weighted by Crippen LogP contribution is 2.37. The number of hydrogen-bond acceptors (Lipinski definition) is 5. The Hall–Kier alpha value is -2.47. The molecule has 0 aliphatic heterocycles. The Bertz CT molecular complexity index is 904. The number of hydrogen-bond donors (Lipinski definition) is 2. The van der Waals surface area contributed by atoms with Gasteiger partial charge in [-0.2, -0.15) is 0 Å². The van der Waals surface area contributed by atoms with Crippen molar-refractivity contribution in [3.8, 4) is 11.1 Å². The Balaban J connectivity index is 1.87. The summed E-state index contributed by atoms with van der Waals surface area (Å²) < 4.78 is 0. The van der Waals surface area contributed by atoms with E-state index in [-0.39, 0.29) is 5.91 Å². The summed E-state index contributed by atoms with van der Waals surface area (Å²) in [4.78, 5) is 20.8. The van der Waals surface area contributed by atoms with E-state index in [0.717, 1.165) is 29.0 Å². The van der Waals surface area contributed by atoms with Crippen LogP contribution in [-0.4, -0.2) is 29.0 Å². The SMILES string of the molecule is CC(=O)NCCCNc1ncnc2scc(-c3ccc(C)cc3C)c12. The van der Waals surface area contributed by atoms with Crippen LogP contribution in [0.5, 0.6) is 0 Å². The number of carbonyl (C=O) groups is 1. The maximum Gasteiger partial charge on any atom is 0.216 e. The molecule has 5 nitrogen and oxygen atoms in total. The topological polar surface area (TPSA) is 66.9 Å². The molecule has 0 aliphatic rings. The third-order valence-corrected chi connectivity index (χ3v) is 4.95. The first-order valence-corrected chi connectivity index (χ1v) is 9.22. The summed E-state index contributed by atoms with van der Waals surface area (Å²) in [7, 11) is 0. The molecule has 0 saturated heterocycles. The minimum absolute atomic E-state index is 0.000561. The van der Waals surface area contributed by atoms with Crippen LogP contribution >= 0.6 is 11.3 Å². The van der Waals surface area contributed by atoms with Crippen molar-refractivity contribution in [1.82, 2.24) is 15.3 Å². The van der Waals surface area contributed by atoms with Crippen molar-refractivity contribution >= 4 is 33.3 Å². The molecule has 1 amide bonds. The van der Waals surface area contributed by atoms with Gasteiger partial charge in [-0.3, -0.25) is 4.79 Å². The van der Waals surface area contributed by atoms with Gasteiger partial charge in [0, 0.05) is 31.0 Å². The van der Waals surface area contributed by atoms with Gasteiger partial charge in [0.25, 0.3) is 0 Å². The van der Waals surface area contributed by atoms with Crippen molar-refractivity contribution in [2.75, 3.05) is 18.4 Å². The van der Waals surface area contributed by atoms with Crippen molar-refractivity contribution in [2.45, 2.75) is 27.2 Å². The standard InChI is InChI=1S/C19H22N4OS/c1-12-5-6-15(13(2)9-12)16-10-25-19-17(16)18(22-11-23-19)21-8-4-7-20-14(3)24/h5-6,9-11H,4,7-8H2,1-3H3,(H,20,24)(H,21,22,23). The van der Waals surface area contributed by atoms with Crippen LogP contribution in [0.4, 0.5) is 5.82 Å². The third kappa shape index (κ3) is 3.96. The molecule has 2 aromatic heterocycles. The second kappa shape index (κ2) is 7.61. The predicted molar refractivity (Wildman–Crippen MR) is 104 cm³/mol. The van der Waals surface area contributed by atoms with E-state index in [4.69, 9.17) is 0 Å². The fourth-order valence-electron chi connectivity index (χ4n) is 2.88. The first kappa shape index (κ1) is 17.4. The van der Waals surface area contributed by atoms with Gasteiger partial charge >= 0.3 is 0 Å². The summed E-state index contributed by atoms with van der Waals surface area (Å²) in [6, 6.07) is 6.50. The Kier molecular flexibility index (Phi) is 5.28. The number of rotatable bonds is 6. The molecular formula is C19H22N4OS. The van der Waals surface area contributed by atoms with E-state index in [1.807, 2.05) is 0 Å². The average molecular weight is 354 g/mol. The van der Waals surface area contributed by atoms with Gasteiger partial charge in [0.05, 0.1) is 5.39 Å². The molecule has 0 atom stereocenters. The number of nitrogens with one attached hydrogen (secondary N) is 2. The number of aryl methyl sites for hydroxylation is 2. The van der Waals surface area contributed by atoms with Crippen molar-refractivity contribution in [1.29, 1.82) is 0 Å². The molecular weight excluding hydrogens is 332 g/mol. The van der Waals surface area contributed by atoms with Crippen LogP contribution in [0, 0.1) is 13.8 Å². The fourth-order valence-corrected chi connectivity index (χ4v) is 3.79. The molecule has 1 aromatic carbocycles. The van der Waals surface area contributed by atoms with Gasteiger partial charge in [-0.15, -0.1) is 11.3 Å². The highest BCUT2D eigenvalue weighted by molar-refractivity contribution is 7.17. The van der Waals surface area contributed by atoms with Gasteiger partial charge in [-0.1, -0.05) is 23.8 Å². The smallest absolute Gasteiger partial charge is 0.216 e. The summed E-state index contributed by atoms with van der Waals surface area (Å²) in [6.07, 6.45) is 2.44. The van der Waals surface area contributed by atoms with Gasteiger partial charge in [0.1, 0.15) is 17.0 Å². The van der Waals surface area contributed by atoms with Gasteiger partial charge in [-0.05, 0) is 31.4 Å². The lowest BCUT2D eigenvalue weighted by atomic mass is 9.99. The summed E-state index contributed by atoms with van der Waals surface area (Å²) in [5.41, 5.74) is 4.89. The Labute approximate surface area is 151 Å². The number of anilines is 1. The number of nitrogens with zero attached hydrogens (tertiary/aromatic N) is 2. The van der Waals surface area contributed by atoms with E-state index < -0.39 is 0 Å². The fraction of sp³-hybridized carbons (Fsp3) is 0.316. The first-order chi connectivity index (χ1) is 12.1. The summed E-state index contributed by atoms with van der Waals surface area (Å²) >= 11 is 1.64. The number of thiophene rings is 1. The van der Waals surface area contributed by atoms with Crippen molar-refractivity contribution in [3.63, 3.8) is 0 Å². The zero-order valence-electron chi connectivity index (χ0n) is 14.7. The zero-order valence-corrected chi connectivity index (χ0v) is 15.5. The van der Waals surface area contributed by atoms with Gasteiger partial charge in [-0.25, -0.2) is 9.97 Å². The summed E-state index contributed by atoms with van der Waals surface area (Å²) in [5, 5.41) is 9.42. The molecule has 3 rings (SSSR count). The number of carbonyl (C=O) groups excluding carboxylic acids is 1. The summed E-state index contributed by atoms with van der Waals surface area (Å²) in [6.45, 7) is 7.17. The van der Waals surface area contributed by atoms with E-state index in [2.05, 4.69) is 58.0 Å². The molecule has 0 saturated carbocycles. The molecule has 0 radical (unpaired) electrons. The van der Waals surface area contributed by atoms with Gasteiger partial charge < -0.3 is 10.6 Å². The number of benzene rings is 1. The quantitative estimate of drug-likeness (QED) is 0.659. The number of aromatic nitrogens is 2. The highest BCUT2D eigenvalue weighted by Gasteiger charge is 2.14. The largest absolute Gasteiger partial charge is 0.369 e. The van der Waals surface area contributed by atoms with Crippen LogP contribution in [0.1, 0.15) is 24.5 Å². The van der Waals surface area contributed by atoms with Crippen molar-refractivity contribution in [3.05, 3.63) is 41.0 Å². The molecule has 2 N–H and O–H groups in total. The molecule has 0 fully saturated rings. The predicted octanol–water partition coefficient (Wildman–Crippen LogP) is 3.91. The molecule has 3 aromatic rings. The molecule has 130 valence electrons. The third-order valence-electron chi connectivity index (χ3n) is 4.06. The molecule has 0 bridgehead atoms. The average Bonchev–Trinajstić information content (AvgIpc) is 2.99. The first-order valence-electron chi connectivity index (χ1n) is 8.34. The lowest BCUT2D eigenvalue weighted by Gasteiger charge is -2.10. The maximum absolute atomic E-state index is 10.9. The van der Waals surface area contributed by atoms with Gasteiger partial charge in [0.2, 0.25) is 5.91 Å². The molecule has 6 heteroatoms. The lowest BCUT2D eigenvalue weighted by Crippen LogP contribution is -2.22. The molecule has 0 aliphatic carbocycles. The van der Waals surface area contributed by atoms with Crippen molar-refractivity contribution < 1.29 is 4.79 Å².